The van der Waals surface area contributed by atoms with Crippen LogP contribution in [0.3, 0.4) is 0 Å². The first-order valence-corrected chi connectivity index (χ1v) is 13.1. The van der Waals surface area contributed by atoms with Crippen molar-refractivity contribution in [3.8, 4) is 11.8 Å². The van der Waals surface area contributed by atoms with Gasteiger partial charge in [-0.25, -0.2) is 4.98 Å². The van der Waals surface area contributed by atoms with E-state index in [2.05, 4.69) is 48.5 Å². The number of nitriles is 1. The van der Waals surface area contributed by atoms with Crippen molar-refractivity contribution in [2.45, 2.75) is 23.5 Å². The summed E-state index contributed by atoms with van der Waals surface area (Å²) in [5.41, 5.74) is 5.15. The third-order valence-electron chi connectivity index (χ3n) is 5.80. The Bertz CT molecular complexity index is 1290. The Kier molecular flexibility index (Phi) is 6.57. The van der Waals surface area contributed by atoms with Crippen LogP contribution in [0.2, 0.25) is 0 Å². The molecule has 164 valence electrons. The van der Waals surface area contributed by atoms with Gasteiger partial charge >= 0.3 is 0 Å². The molecule has 2 heterocycles. The highest BCUT2D eigenvalue weighted by molar-refractivity contribution is 8.18. The van der Waals surface area contributed by atoms with Crippen LogP contribution in [0.5, 0.6) is 5.75 Å². The second kappa shape index (κ2) is 9.91. The highest BCUT2D eigenvalue weighted by Gasteiger charge is 2.36. The van der Waals surface area contributed by atoms with Gasteiger partial charge in [0.2, 0.25) is 0 Å². The SMILES string of the molecule is N#Cc1ccc(CC2(c3cccc(OCc4ccc5ccccc5n4)c3)SCCCS2)cc1. The van der Waals surface area contributed by atoms with E-state index >= 15 is 0 Å². The van der Waals surface area contributed by atoms with E-state index in [4.69, 9.17) is 15.0 Å². The predicted molar refractivity (Wildman–Crippen MR) is 139 cm³/mol. The van der Waals surface area contributed by atoms with Gasteiger partial charge in [-0.1, -0.05) is 48.5 Å². The first-order chi connectivity index (χ1) is 16.2. The zero-order valence-electron chi connectivity index (χ0n) is 18.2. The second-order valence-electron chi connectivity index (χ2n) is 8.10. The molecule has 1 aromatic heterocycles. The van der Waals surface area contributed by atoms with Gasteiger partial charge in [-0.05, 0) is 65.5 Å². The van der Waals surface area contributed by atoms with Crippen molar-refractivity contribution in [2.75, 3.05) is 11.5 Å². The highest BCUT2D eigenvalue weighted by Crippen LogP contribution is 2.52. The zero-order valence-corrected chi connectivity index (χ0v) is 19.9. The molecule has 0 spiro atoms. The molecular weight excluding hydrogens is 444 g/mol. The summed E-state index contributed by atoms with van der Waals surface area (Å²) in [5, 5.41) is 10.3. The highest BCUT2D eigenvalue weighted by atomic mass is 32.2. The summed E-state index contributed by atoms with van der Waals surface area (Å²) in [4.78, 5) is 4.73. The average molecular weight is 469 g/mol. The topological polar surface area (TPSA) is 45.9 Å². The second-order valence-corrected chi connectivity index (χ2v) is 11.1. The van der Waals surface area contributed by atoms with E-state index in [0.29, 0.717) is 12.2 Å². The summed E-state index contributed by atoms with van der Waals surface area (Å²) in [6.07, 6.45) is 2.15. The quantitative estimate of drug-likeness (QED) is 0.306. The lowest BCUT2D eigenvalue weighted by Crippen LogP contribution is -2.25. The normalized spacial score (nSPS) is 15.1. The molecule has 1 aliphatic rings. The number of ether oxygens (including phenoxy) is 1. The molecule has 33 heavy (non-hydrogen) atoms. The number of benzene rings is 3. The Hall–Kier alpha value is -2.94. The van der Waals surface area contributed by atoms with Gasteiger partial charge in [-0.15, -0.1) is 23.5 Å². The maximum atomic E-state index is 9.12. The number of pyridine rings is 1. The van der Waals surface area contributed by atoms with Crippen molar-refractivity contribution in [2.24, 2.45) is 0 Å². The van der Waals surface area contributed by atoms with Crippen molar-refractivity contribution in [1.82, 2.24) is 4.98 Å². The lowest BCUT2D eigenvalue weighted by molar-refractivity contribution is 0.301. The largest absolute Gasteiger partial charge is 0.487 e. The van der Waals surface area contributed by atoms with E-state index in [9.17, 15) is 0 Å². The molecule has 3 nitrogen and oxygen atoms in total. The number of hydrogen-bond acceptors (Lipinski definition) is 5. The summed E-state index contributed by atoms with van der Waals surface area (Å²) < 4.78 is 6.13. The van der Waals surface area contributed by atoms with E-state index in [1.807, 2.05) is 66.0 Å². The van der Waals surface area contributed by atoms with E-state index in [-0.39, 0.29) is 4.08 Å². The molecule has 0 atom stereocenters. The zero-order chi connectivity index (χ0) is 22.5. The molecule has 1 aliphatic heterocycles. The average Bonchev–Trinajstić information content (AvgIpc) is 2.88. The van der Waals surface area contributed by atoms with E-state index in [1.165, 1.54) is 17.5 Å². The van der Waals surface area contributed by atoms with Gasteiger partial charge in [0.25, 0.3) is 0 Å². The summed E-state index contributed by atoms with van der Waals surface area (Å²) in [7, 11) is 0. The minimum Gasteiger partial charge on any atom is -0.487 e. The van der Waals surface area contributed by atoms with Gasteiger partial charge in [0.15, 0.2) is 0 Å². The first-order valence-electron chi connectivity index (χ1n) is 11.1. The van der Waals surface area contributed by atoms with Crippen LogP contribution in [0.1, 0.15) is 28.8 Å². The molecule has 0 N–H and O–H groups in total. The van der Waals surface area contributed by atoms with Gasteiger partial charge in [0.05, 0.1) is 26.9 Å². The monoisotopic (exact) mass is 468 g/mol. The Morgan fingerprint density at radius 2 is 1.73 bits per heavy atom. The number of rotatable bonds is 6. The van der Waals surface area contributed by atoms with Crippen LogP contribution in [0.25, 0.3) is 10.9 Å². The Labute approximate surface area is 203 Å². The molecular formula is C28H24N2OS2. The van der Waals surface area contributed by atoms with Crippen LogP contribution < -0.4 is 4.74 Å². The number of hydrogen-bond donors (Lipinski definition) is 0. The Morgan fingerprint density at radius 1 is 0.909 bits per heavy atom. The predicted octanol–water partition coefficient (Wildman–Crippen LogP) is 6.95. The summed E-state index contributed by atoms with van der Waals surface area (Å²) in [6, 6.07) is 31.0. The van der Waals surface area contributed by atoms with Gasteiger partial charge in [-0.2, -0.15) is 5.26 Å². The van der Waals surface area contributed by atoms with Gasteiger partial charge in [-0.3, -0.25) is 0 Å². The van der Waals surface area contributed by atoms with Gasteiger partial charge in [0, 0.05) is 11.8 Å². The smallest absolute Gasteiger partial charge is 0.130 e. The maximum absolute atomic E-state index is 9.12. The molecule has 0 bridgehead atoms. The fourth-order valence-corrected chi connectivity index (χ4v) is 7.46. The number of thioether (sulfide) groups is 2. The summed E-state index contributed by atoms with van der Waals surface area (Å²) >= 11 is 4.05. The molecule has 1 saturated heterocycles. The molecule has 4 aromatic rings. The fourth-order valence-electron chi connectivity index (χ4n) is 4.08. The maximum Gasteiger partial charge on any atom is 0.130 e. The van der Waals surface area contributed by atoms with Gasteiger partial charge in [0.1, 0.15) is 12.4 Å². The van der Waals surface area contributed by atoms with Crippen molar-refractivity contribution >= 4 is 34.4 Å². The third-order valence-corrected chi connectivity index (χ3v) is 9.18. The lowest BCUT2D eigenvalue weighted by atomic mass is 10.0. The van der Waals surface area contributed by atoms with Crippen molar-refractivity contribution in [3.63, 3.8) is 0 Å². The molecule has 0 radical (unpaired) electrons. The van der Waals surface area contributed by atoms with Crippen LogP contribution in [0.4, 0.5) is 0 Å². The van der Waals surface area contributed by atoms with Crippen LogP contribution in [0.15, 0.2) is 84.9 Å². The van der Waals surface area contributed by atoms with E-state index in [1.54, 1.807) is 0 Å². The van der Waals surface area contributed by atoms with Crippen molar-refractivity contribution in [1.29, 1.82) is 5.26 Å². The van der Waals surface area contributed by atoms with Crippen LogP contribution in [-0.4, -0.2) is 16.5 Å². The number of fused-ring (bicyclic) bond motifs is 1. The first kappa shape index (κ1) is 21.9. The molecule has 5 heteroatoms. The van der Waals surface area contributed by atoms with Crippen LogP contribution >= 0.6 is 23.5 Å². The third kappa shape index (κ3) is 5.03. The molecule has 0 aliphatic carbocycles. The van der Waals surface area contributed by atoms with Crippen LogP contribution in [-0.2, 0) is 17.1 Å². The minimum atomic E-state index is -0.0486. The molecule has 0 amide bonds. The number of para-hydroxylation sites is 1. The Balaban J connectivity index is 1.37. The number of aromatic nitrogens is 1. The molecule has 0 unspecified atom stereocenters. The number of nitrogens with zero attached hydrogens (tertiary/aromatic N) is 2. The van der Waals surface area contributed by atoms with Crippen molar-refractivity contribution < 1.29 is 4.74 Å². The molecule has 1 fully saturated rings. The minimum absolute atomic E-state index is 0.0486. The van der Waals surface area contributed by atoms with E-state index < -0.39 is 0 Å². The summed E-state index contributed by atoms with van der Waals surface area (Å²) in [6.45, 7) is 0.442. The molecule has 0 saturated carbocycles. The van der Waals surface area contributed by atoms with Crippen molar-refractivity contribution in [3.05, 3.63) is 107 Å². The van der Waals surface area contributed by atoms with E-state index in [0.717, 1.165) is 40.3 Å². The van der Waals surface area contributed by atoms with Crippen LogP contribution in [0, 0.1) is 11.3 Å². The summed E-state index contributed by atoms with van der Waals surface area (Å²) in [5.74, 6) is 3.17. The molecule has 3 aromatic carbocycles. The fraction of sp³-hybridized carbons (Fsp3) is 0.214. The standard InChI is InChI=1S/C28H24N2OS2/c29-19-22-11-9-21(10-12-22)18-28(32-15-4-16-33-28)24-6-3-7-26(17-24)31-20-25-14-13-23-5-1-2-8-27(23)30-25/h1-3,5-14,17H,4,15-16,18,20H2. The lowest BCUT2D eigenvalue weighted by Gasteiger charge is -2.37. The van der Waals surface area contributed by atoms with Gasteiger partial charge < -0.3 is 4.74 Å². The Morgan fingerprint density at radius 3 is 2.55 bits per heavy atom. The molecule has 5 rings (SSSR count).